The van der Waals surface area contributed by atoms with Gasteiger partial charge in [-0.1, -0.05) is 41.4 Å². The van der Waals surface area contributed by atoms with Gasteiger partial charge in [0.2, 0.25) is 11.8 Å². The van der Waals surface area contributed by atoms with Crippen molar-refractivity contribution in [3.63, 3.8) is 0 Å². The second-order valence-electron chi connectivity index (χ2n) is 6.38. The lowest BCUT2D eigenvalue weighted by atomic mass is 10.1. The van der Waals surface area contributed by atoms with Crippen molar-refractivity contribution in [3.8, 4) is 5.75 Å². The van der Waals surface area contributed by atoms with Crippen LogP contribution in [-0.4, -0.2) is 36.4 Å². The van der Waals surface area contributed by atoms with Gasteiger partial charge in [0, 0.05) is 27.8 Å². The minimum Gasteiger partial charge on any atom is -0.496 e. The van der Waals surface area contributed by atoms with Gasteiger partial charge in [0.05, 0.1) is 13.5 Å². The van der Waals surface area contributed by atoms with Gasteiger partial charge in [-0.25, -0.2) is 0 Å². The average molecular weight is 407 g/mol. The third-order valence-corrected chi connectivity index (χ3v) is 4.98. The maximum absolute atomic E-state index is 12.8. The molecule has 2 aromatic rings. The van der Waals surface area contributed by atoms with Crippen molar-refractivity contribution in [1.82, 2.24) is 4.90 Å². The van der Waals surface area contributed by atoms with E-state index in [1.54, 1.807) is 30.2 Å². The van der Waals surface area contributed by atoms with Crippen LogP contribution < -0.4 is 10.1 Å². The van der Waals surface area contributed by atoms with Crippen molar-refractivity contribution in [2.75, 3.05) is 19.0 Å². The van der Waals surface area contributed by atoms with E-state index in [1.807, 2.05) is 24.3 Å². The van der Waals surface area contributed by atoms with Crippen LogP contribution in [0.4, 0.5) is 5.69 Å². The second kappa shape index (κ2) is 8.63. The summed E-state index contributed by atoms with van der Waals surface area (Å²) in [6.07, 6.45) is 1.60. The van der Waals surface area contributed by atoms with E-state index in [0.29, 0.717) is 34.4 Å². The molecule has 5 nitrogen and oxygen atoms in total. The smallest absolute Gasteiger partial charge is 0.247 e. The number of nitrogens with zero attached hydrogens (tertiary/aromatic N) is 1. The number of ether oxygens (including phenoxy) is 1. The van der Waals surface area contributed by atoms with Crippen molar-refractivity contribution in [3.05, 3.63) is 58.1 Å². The molecule has 2 aromatic carbocycles. The zero-order chi connectivity index (χ0) is 19.4. The van der Waals surface area contributed by atoms with E-state index in [2.05, 4.69) is 5.32 Å². The van der Waals surface area contributed by atoms with E-state index in [0.717, 1.165) is 12.0 Å². The summed E-state index contributed by atoms with van der Waals surface area (Å²) in [5.74, 6) is 0.333. The predicted octanol–water partition coefficient (Wildman–Crippen LogP) is 4.17. The van der Waals surface area contributed by atoms with Crippen molar-refractivity contribution >= 4 is 40.7 Å². The molecule has 1 N–H and O–H groups in total. The molecule has 1 saturated heterocycles. The van der Waals surface area contributed by atoms with Crippen molar-refractivity contribution in [2.24, 2.45) is 0 Å². The first-order valence-corrected chi connectivity index (χ1v) is 9.42. The van der Waals surface area contributed by atoms with Crippen molar-refractivity contribution in [1.29, 1.82) is 0 Å². The van der Waals surface area contributed by atoms with Crippen LogP contribution in [0.15, 0.2) is 42.5 Å². The van der Waals surface area contributed by atoms with Crippen LogP contribution in [0, 0.1) is 0 Å². The zero-order valence-corrected chi connectivity index (χ0v) is 16.4. The molecule has 7 heteroatoms. The molecular formula is C20H20Cl2N2O3. The fourth-order valence-electron chi connectivity index (χ4n) is 3.30. The molecule has 1 heterocycles. The van der Waals surface area contributed by atoms with Gasteiger partial charge in [0.25, 0.3) is 0 Å². The van der Waals surface area contributed by atoms with Crippen LogP contribution in [0.5, 0.6) is 5.75 Å². The summed E-state index contributed by atoms with van der Waals surface area (Å²) in [5, 5.41) is 3.69. The molecule has 1 aliphatic rings. The third-order valence-electron chi connectivity index (χ3n) is 4.54. The summed E-state index contributed by atoms with van der Waals surface area (Å²) in [6, 6.07) is 11.7. The van der Waals surface area contributed by atoms with Gasteiger partial charge in [-0.15, -0.1) is 0 Å². The molecule has 1 fully saturated rings. The van der Waals surface area contributed by atoms with Crippen molar-refractivity contribution < 1.29 is 14.3 Å². The summed E-state index contributed by atoms with van der Waals surface area (Å²) in [7, 11) is 1.57. The standard InChI is InChI=1S/C20H20Cl2N2O3/c1-27-18-7-3-2-5-13(18)9-19(25)24-8-4-6-17(24)20(26)23-16-11-14(21)10-15(22)12-16/h2-3,5,7,10-12,17H,4,6,8-9H2,1H3,(H,23,26). The number of anilines is 1. The lowest BCUT2D eigenvalue weighted by Gasteiger charge is -2.24. The van der Waals surface area contributed by atoms with Crippen LogP contribution in [0.2, 0.25) is 10.0 Å². The molecule has 142 valence electrons. The van der Waals surface area contributed by atoms with Gasteiger partial charge in [0.15, 0.2) is 0 Å². The SMILES string of the molecule is COc1ccccc1CC(=O)N1CCCC1C(=O)Nc1cc(Cl)cc(Cl)c1. The summed E-state index contributed by atoms with van der Waals surface area (Å²) < 4.78 is 5.31. The number of benzene rings is 2. The number of hydrogen-bond acceptors (Lipinski definition) is 3. The number of para-hydroxylation sites is 1. The third kappa shape index (κ3) is 4.73. The highest BCUT2D eigenvalue weighted by molar-refractivity contribution is 6.35. The maximum Gasteiger partial charge on any atom is 0.247 e. The van der Waals surface area contributed by atoms with E-state index in [9.17, 15) is 9.59 Å². The van der Waals surface area contributed by atoms with E-state index < -0.39 is 6.04 Å². The van der Waals surface area contributed by atoms with Crippen LogP contribution in [0.1, 0.15) is 18.4 Å². The Morgan fingerprint density at radius 3 is 2.59 bits per heavy atom. The Labute approximate surface area is 168 Å². The summed E-state index contributed by atoms with van der Waals surface area (Å²) >= 11 is 12.0. The highest BCUT2D eigenvalue weighted by Gasteiger charge is 2.34. The van der Waals surface area contributed by atoms with Gasteiger partial charge in [0.1, 0.15) is 11.8 Å². The fourth-order valence-corrected chi connectivity index (χ4v) is 3.83. The molecule has 0 radical (unpaired) electrons. The monoisotopic (exact) mass is 406 g/mol. The van der Waals surface area contributed by atoms with E-state index in [-0.39, 0.29) is 18.2 Å². The van der Waals surface area contributed by atoms with Crippen LogP contribution in [0.3, 0.4) is 0 Å². The molecule has 0 saturated carbocycles. The lowest BCUT2D eigenvalue weighted by molar-refractivity contribution is -0.136. The quantitative estimate of drug-likeness (QED) is 0.809. The first-order chi connectivity index (χ1) is 13.0. The van der Waals surface area contributed by atoms with Gasteiger partial charge >= 0.3 is 0 Å². The number of carbonyl (C=O) groups excluding carboxylic acids is 2. The van der Waals surface area contributed by atoms with E-state index >= 15 is 0 Å². The Hall–Kier alpha value is -2.24. The Morgan fingerprint density at radius 1 is 1.19 bits per heavy atom. The second-order valence-corrected chi connectivity index (χ2v) is 7.25. The fraction of sp³-hybridized carbons (Fsp3) is 0.300. The summed E-state index contributed by atoms with van der Waals surface area (Å²) in [6.45, 7) is 0.558. The van der Waals surface area contributed by atoms with Crippen LogP contribution in [0.25, 0.3) is 0 Å². The largest absolute Gasteiger partial charge is 0.496 e. The topological polar surface area (TPSA) is 58.6 Å². The number of rotatable bonds is 5. The van der Waals surface area contributed by atoms with E-state index in [1.165, 1.54) is 0 Å². The maximum atomic E-state index is 12.8. The number of amides is 2. The molecule has 2 amide bonds. The lowest BCUT2D eigenvalue weighted by Crippen LogP contribution is -2.43. The summed E-state index contributed by atoms with van der Waals surface area (Å²) in [5.41, 5.74) is 1.32. The average Bonchev–Trinajstić information content (AvgIpc) is 3.11. The number of likely N-dealkylation sites (tertiary alicyclic amines) is 1. The summed E-state index contributed by atoms with van der Waals surface area (Å²) in [4.78, 5) is 27.2. The van der Waals surface area contributed by atoms with Crippen molar-refractivity contribution in [2.45, 2.75) is 25.3 Å². The molecule has 0 bridgehead atoms. The molecule has 0 aliphatic carbocycles. The minimum atomic E-state index is -0.509. The van der Waals surface area contributed by atoms with Gasteiger partial charge in [-0.3, -0.25) is 9.59 Å². The molecule has 0 spiro atoms. The molecular weight excluding hydrogens is 387 g/mol. The van der Waals surface area contributed by atoms with Crippen LogP contribution in [-0.2, 0) is 16.0 Å². The predicted molar refractivity (Wildman–Crippen MR) is 107 cm³/mol. The first-order valence-electron chi connectivity index (χ1n) is 8.66. The van der Waals surface area contributed by atoms with E-state index in [4.69, 9.17) is 27.9 Å². The first kappa shape index (κ1) is 19.5. The molecule has 1 unspecified atom stereocenters. The zero-order valence-electron chi connectivity index (χ0n) is 14.9. The molecule has 27 heavy (non-hydrogen) atoms. The molecule has 0 aromatic heterocycles. The highest BCUT2D eigenvalue weighted by atomic mass is 35.5. The normalized spacial score (nSPS) is 16.3. The Balaban J connectivity index is 1.70. The Morgan fingerprint density at radius 2 is 1.89 bits per heavy atom. The number of hydrogen-bond donors (Lipinski definition) is 1. The van der Waals surface area contributed by atoms with Gasteiger partial charge < -0.3 is 15.0 Å². The molecule has 1 aliphatic heterocycles. The number of nitrogens with one attached hydrogen (secondary N) is 1. The molecule has 1 atom stereocenters. The van der Waals surface area contributed by atoms with Crippen LogP contribution >= 0.6 is 23.2 Å². The van der Waals surface area contributed by atoms with Gasteiger partial charge in [-0.05, 0) is 37.1 Å². The minimum absolute atomic E-state index is 0.0960. The number of carbonyl (C=O) groups is 2. The van der Waals surface area contributed by atoms with Gasteiger partial charge in [-0.2, -0.15) is 0 Å². The number of halogens is 2. The highest BCUT2D eigenvalue weighted by Crippen LogP contribution is 2.26. The Bertz CT molecular complexity index is 837. The number of methoxy groups -OCH3 is 1. The molecule has 3 rings (SSSR count). The Kier molecular flexibility index (Phi) is 6.24.